The van der Waals surface area contributed by atoms with Gasteiger partial charge < -0.3 is 5.32 Å². The van der Waals surface area contributed by atoms with Crippen molar-refractivity contribution < 1.29 is 0 Å². The molecule has 1 N–H and O–H groups in total. The summed E-state index contributed by atoms with van der Waals surface area (Å²) in [5.41, 5.74) is 3.77. The Bertz CT molecular complexity index is 426. The summed E-state index contributed by atoms with van der Waals surface area (Å²) in [6.07, 6.45) is 7.53. The van der Waals surface area contributed by atoms with Gasteiger partial charge in [-0.05, 0) is 12.0 Å². The summed E-state index contributed by atoms with van der Waals surface area (Å²) in [5, 5.41) is 3.18. The van der Waals surface area contributed by atoms with Crippen LogP contribution in [0.1, 0.15) is 17.9 Å². The third-order valence-electron chi connectivity index (χ3n) is 2.97. The number of hydrogen-bond acceptors (Lipinski definition) is 1. The lowest BCUT2D eigenvalue weighted by atomic mass is 9.88. The molecule has 1 aliphatic carbocycles. The molecule has 0 aliphatic heterocycles. The number of allylic oxidation sites excluding steroid dienone is 4. The summed E-state index contributed by atoms with van der Waals surface area (Å²) < 4.78 is 0. The van der Waals surface area contributed by atoms with Gasteiger partial charge >= 0.3 is 0 Å². The molecular formula is C15H17N. The Kier molecular flexibility index (Phi) is 3.25. The van der Waals surface area contributed by atoms with Gasteiger partial charge in [-0.25, -0.2) is 0 Å². The van der Waals surface area contributed by atoms with Crippen molar-refractivity contribution in [2.75, 3.05) is 7.05 Å². The van der Waals surface area contributed by atoms with Gasteiger partial charge in [-0.15, -0.1) is 0 Å². The molecule has 0 fully saturated rings. The molecule has 1 nitrogen and oxygen atoms in total. The Hall–Kier alpha value is -1.76. The first-order chi connectivity index (χ1) is 7.83. The normalized spacial score (nSPS) is 15.7. The zero-order chi connectivity index (χ0) is 11.4. The molecule has 2 rings (SSSR count). The van der Waals surface area contributed by atoms with Gasteiger partial charge in [-0.3, -0.25) is 0 Å². The van der Waals surface area contributed by atoms with Crippen LogP contribution < -0.4 is 5.32 Å². The number of nitrogens with one attached hydrogen (secondary N) is 1. The minimum atomic E-state index is 0.293. The highest BCUT2D eigenvalue weighted by Gasteiger charge is 2.19. The van der Waals surface area contributed by atoms with Crippen molar-refractivity contribution in [2.45, 2.75) is 12.3 Å². The topological polar surface area (TPSA) is 12.0 Å². The van der Waals surface area contributed by atoms with Crippen LogP contribution in [0.3, 0.4) is 0 Å². The second-order valence-electron chi connectivity index (χ2n) is 3.99. The maximum atomic E-state index is 4.11. The van der Waals surface area contributed by atoms with Crippen LogP contribution in [0.15, 0.2) is 66.4 Å². The number of hydrogen-bond donors (Lipinski definition) is 1. The molecule has 82 valence electrons. The van der Waals surface area contributed by atoms with Crippen molar-refractivity contribution in [3.8, 4) is 0 Å². The van der Waals surface area contributed by atoms with Crippen molar-refractivity contribution in [2.24, 2.45) is 0 Å². The summed E-state index contributed by atoms with van der Waals surface area (Å²) in [7, 11) is 1.93. The van der Waals surface area contributed by atoms with E-state index < -0.39 is 0 Å². The van der Waals surface area contributed by atoms with E-state index in [0.29, 0.717) is 5.92 Å². The van der Waals surface area contributed by atoms with Gasteiger partial charge in [0.05, 0.1) is 0 Å². The molecule has 1 heteroatoms. The van der Waals surface area contributed by atoms with Crippen LogP contribution in [-0.2, 0) is 0 Å². The van der Waals surface area contributed by atoms with Crippen LogP contribution in [0.25, 0.3) is 0 Å². The molecule has 0 saturated carbocycles. The van der Waals surface area contributed by atoms with Gasteiger partial charge in [0.1, 0.15) is 0 Å². The summed E-state index contributed by atoms with van der Waals surface area (Å²) >= 11 is 0. The molecule has 0 heterocycles. The monoisotopic (exact) mass is 211 g/mol. The van der Waals surface area contributed by atoms with Crippen LogP contribution in [-0.4, -0.2) is 7.05 Å². The van der Waals surface area contributed by atoms with E-state index >= 15 is 0 Å². The average Bonchev–Trinajstić information content (AvgIpc) is 2.84. The molecule has 0 bridgehead atoms. The highest BCUT2D eigenvalue weighted by Crippen LogP contribution is 2.33. The zero-order valence-corrected chi connectivity index (χ0v) is 9.61. The van der Waals surface area contributed by atoms with E-state index in [2.05, 4.69) is 54.4 Å². The van der Waals surface area contributed by atoms with E-state index in [0.717, 1.165) is 12.1 Å². The Morgan fingerprint density at radius 2 is 2.06 bits per heavy atom. The van der Waals surface area contributed by atoms with Crippen molar-refractivity contribution in [3.05, 3.63) is 72.0 Å². The first kappa shape index (κ1) is 10.7. The summed E-state index contributed by atoms with van der Waals surface area (Å²) in [5.74, 6) is 0.293. The van der Waals surface area contributed by atoms with Crippen LogP contribution in [0.2, 0.25) is 0 Å². The minimum Gasteiger partial charge on any atom is -0.391 e. The van der Waals surface area contributed by atoms with Crippen molar-refractivity contribution in [3.63, 3.8) is 0 Å². The lowest BCUT2D eigenvalue weighted by Gasteiger charge is -2.21. The molecule has 0 amide bonds. The van der Waals surface area contributed by atoms with Crippen molar-refractivity contribution >= 4 is 0 Å². The van der Waals surface area contributed by atoms with E-state index in [1.807, 2.05) is 13.1 Å². The summed E-state index contributed by atoms with van der Waals surface area (Å²) in [4.78, 5) is 0. The zero-order valence-electron chi connectivity index (χ0n) is 9.61. The highest BCUT2D eigenvalue weighted by atomic mass is 14.8. The average molecular weight is 211 g/mol. The van der Waals surface area contributed by atoms with Gasteiger partial charge in [-0.2, -0.15) is 0 Å². The van der Waals surface area contributed by atoms with Crippen LogP contribution in [0, 0.1) is 0 Å². The molecule has 0 radical (unpaired) electrons. The van der Waals surface area contributed by atoms with Crippen LogP contribution in [0.4, 0.5) is 0 Å². The largest absolute Gasteiger partial charge is 0.391 e. The minimum absolute atomic E-state index is 0.293. The van der Waals surface area contributed by atoms with E-state index in [-0.39, 0.29) is 0 Å². The smallest absolute Gasteiger partial charge is 0.0446 e. The van der Waals surface area contributed by atoms with Gasteiger partial charge in [-0.1, -0.05) is 60.7 Å². The molecule has 0 aromatic heterocycles. The van der Waals surface area contributed by atoms with E-state index in [1.165, 1.54) is 11.1 Å². The predicted molar refractivity (Wildman–Crippen MR) is 69.2 cm³/mol. The van der Waals surface area contributed by atoms with E-state index in [9.17, 15) is 0 Å². The maximum absolute atomic E-state index is 4.11. The fourth-order valence-electron chi connectivity index (χ4n) is 2.11. The van der Waals surface area contributed by atoms with Crippen molar-refractivity contribution in [1.29, 1.82) is 0 Å². The molecule has 1 aromatic rings. The fourth-order valence-corrected chi connectivity index (χ4v) is 2.11. The first-order valence-corrected chi connectivity index (χ1v) is 5.60. The Labute approximate surface area is 97.2 Å². The van der Waals surface area contributed by atoms with Crippen LogP contribution in [0.5, 0.6) is 0 Å². The molecule has 1 atom stereocenters. The Morgan fingerprint density at radius 3 is 2.62 bits per heavy atom. The van der Waals surface area contributed by atoms with Gasteiger partial charge in [0.2, 0.25) is 0 Å². The highest BCUT2D eigenvalue weighted by molar-refractivity contribution is 5.41. The number of benzene rings is 1. The van der Waals surface area contributed by atoms with Crippen LogP contribution >= 0.6 is 0 Å². The van der Waals surface area contributed by atoms with E-state index in [1.54, 1.807) is 0 Å². The number of rotatable bonds is 4. The SMILES string of the molecule is C=C(NC)C(C1=CC=CC1)c1ccccc1. The predicted octanol–water partition coefficient (Wildman–Crippen LogP) is 3.39. The molecule has 0 spiro atoms. The fraction of sp³-hybridized carbons (Fsp3) is 0.200. The summed E-state index contributed by atoms with van der Waals surface area (Å²) in [6.45, 7) is 4.11. The first-order valence-electron chi connectivity index (χ1n) is 5.60. The van der Waals surface area contributed by atoms with Gasteiger partial charge in [0.15, 0.2) is 0 Å². The maximum Gasteiger partial charge on any atom is 0.0446 e. The molecule has 16 heavy (non-hydrogen) atoms. The molecule has 1 unspecified atom stereocenters. The third kappa shape index (κ3) is 2.08. The quantitative estimate of drug-likeness (QED) is 0.805. The van der Waals surface area contributed by atoms with Gasteiger partial charge in [0.25, 0.3) is 0 Å². The molecule has 1 aliphatic rings. The molecule has 1 aromatic carbocycles. The van der Waals surface area contributed by atoms with E-state index in [4.69, 9.17) is 0 Å². The Balaban J connectivity index is 2.32. The lowest BCUT2D eigenvalue weighted by molar-refractivity contribution is 0.805. The number of likely N-dealkylation sites (N-methyl/N-ethyl adjacent to an activating group) is 1. The molecule has 0 saturated heterocycles. The molecular weight excluding hydrogens is 194 g/mol. The second kappa shape index (κ2) is 4.84. The summed E-state index contributed by atoms with van der Waals surface area (Å²) in [6, 6.07) is 10.5. The Morgan fingerprint density at radius 1 is 1.31 bits per heavy atom. The third-order valence-corrected chi connectivity index (χ3v) is 2.97. The van der Waals surface area contributed by atoms with Gasteiger partial charge in [0, 0.05) is 18.7 Å². The van der Waals surface area contributed by atoms with Crippen molar-refractivity contribution in [1.82, 2.24) is 5.32 Å². The second-order valence-corrected chi connectivity index (χ2v) is 3.99. The lowest BCUT2D eigenvalue weighted by Crippen LogP contribution is -2.15. The standard InChI is InChI=1S/C15H17N/c1-12(16-2)15(14-10-6-7-11-14)13-8-4-3-5-9-13/h3-10,15-16H,1,11H2,2H3.